The third-order valence-corrected chi connectivity index (χ3v) is 4.70. The van der Waals surface area contributed by atoms with Gasteiger partial charge in [0.05, 0.1) is 17.2 Å². The number of hydrogen-bond donors (Lipinski definition) is 3. The zero-order valence-corrected chi connectivity index (χ0v) is 15.2. The SMILES string of the molecule is CCNC(=NCc1cc(Cl)c(Cl)n1C)NCC(O)(CC)CC. The summed E-state index contributed by atoms with van der Waals surface area (Å²) < 4.78 is 1.81. The van der Waals surface area contributed by atoms with Crippen molar-refractivity contribution < 1.29 is 5.11 Å². The van der Waals surface area contributed by atoms with Crippen molar-refractivity contribution in [2.45, 2.75) is 45.8 Å². The molecular formula is C15H26Cl2N4O. The van der Waals surface area contributed by atoms with Crippen LogP contribution in [0.2, 0.25) is 10.2 Å². The van der Waals surface area contributed by atoms with Crippen molar-refractivity contribution in [2.24, 2.45) is 12.0 Å². The Balaban J connectivity index is 2.75. The van der Waals surface area contributed by atoms with Crippen LogP contribution >= 0.6 is 23.2 Å². The van der Waals surface area contributed by atoms with E-state index in [0.717, 1.165) is 12.2 Å². The summed E-state index contributed by atoms with van der Waals surface area (Å²) in [5.74, 6) is 0.663. The molecule has 1 aromatic heterocycles. The van der Waals surface area contributed by atoms with Crippen LogP contribution in [0, 0.1) is 0 Å². The van der Waals surface area contributed by atoms with Gasteiger partial charge in [0, 0.05) is 25.8 Å². The van der Waals surface area contributed by atoms with Gasteiger partial charge < -0.3 is 20.3 Å². The minimum atomic E-state index is -0.715. The van der Waals surface area contributed by atoms with Gasteiger partial charge in [-0.15, -0.1) is 0 Å². The minimum absolute atomic E-state index is 0.453. The summed E-state index contributed by atoms with van der Waals surface area (Å²) in [4.78, 5) is 4.52. The highest BCUT2D eigenvalue weighted by molar-refractivity contribution is 6.41. The molecule has 0 aromatic carbocycles. The van der Waals surface area contributed by atoms with E-state index in [-0.39, 0.29) is 0 Å². The number of hydrogen-bond acceptors (Lipinski definition) is 2. The van der Waals surface area contributed by atoms with Gasteiger partial charge in [0.2, 0.25) is 0 Å². The highest BCUT2D eigenvalue weighted by Gasteiger charge is 2.22. The summed E-state index contributed by atoms with van der Waals surface area (Å²) in [6.07, 6.45) is 1.39. The van der Waals surface area contributed by atoms with Gasteiger partial charge in [0.25, 0.3) is 0 Å². The second-order valence-electron chi connectivity index (χ2n) is 5.31. The lowest BCUT2D eigenvalue weighted by Crippen LogP contribution is -2.46. The molecule has 0 fully saturated rings. The summed E-state index contributed by atoms with van der Waals surface area (Å²) in [5.41, 5.74) is 0.210. The summed E-state index contributed by atoms with van der Waals surface area (Å²) in [7, 11) is 1.85. The van der Waals surface area contributed by atoms with Crippen LogP contribution in [0.15, 0.2) is 11.1 Å². The van der Waals surface area contributed by atoms with Gasteiger partial charge in [-0.3, -0.25) is 0 Å². The van der Waals surface area contributed by atoms with Crippen LogP contribution in [-0.2, 0) is 13.6 Å². The minimum Gasteiger partial charge on any atom is -0.388 e. The predicted octanol–water partition coefficient (Wildman–Crippen LogP) is 2.94. The molecule has 126 valence electrons. The van der Waals surface area contributed by atoms with E-state index in [9.17, 15) is 5.11 Å². The molecule has 0 radical (unpaired) electrons. The van der Waals surface area contributed by atoms with E-state index in [0.29, 0.717) is 42.1 Å². The largest absolute Gasteiger partial charge is 0.388 e. The van der Waals surface area contributed by atoms with Crippen LogP contribution in [0.5, 0.6) is 0 Å². The Kier molecular flexibility index (Phi) is 7.53. The van der Waals surface area contributed by atoms with Gasteiger partial charge in [-0.05, 0) is 25.8 Å². The standard InChI is InChI=1S/C15H26Cl2N4O/c1-5-15(22,6-2)10-20-14(18-7-3)19-9-11-8-12(16)13(17)21(11)4/h8,22H,5-7,9-10H2,1-4H3,(H2,18,19,20). The van der Waals surface area contributed by atoms with Crippen LogP contribution in [0.25, 0.3) is 0 Å². The van der Waals surface area contributed by atoms with Crippen molar-refractivity contribution in [3.63, 3.8) is 0 Å². The zero-order valence-electron chi connectivity index (χ0n) is 13.7. The van der Waals surface area contributed by atoms with E-state index >= 15 is 0 Å². The van der Waals surface area contributed by atoms with Crippen LogP contribution in [0.1, 0.15) is 39.3 Å². The first kappa shape index (κ1) is 19.1. The first-order valence-electron chi connectivity index (χ1n) is 7.61. The number of aliphatic hydroxyl groups is 1. The second kappa shape index (κ2) is 8.65. The molecule has 0 amide bonds. The fourth-order valence-electron chi connectivity index (χ4n) is 1.99. The Morgan fingerprint density at radius 3 is 2.36 bits per heavy atom. The molecule has 1 aromatic rings. The molecule has 0 atom stereocenters. The van der Waals surface area contributed by atoms with E-state index in [1.807, 2.05) is 38.5 Å². The van der Waals surface area contributed by atoms with Crippen molar-refractivity contribution in [3.8, 4) is 0 Å². The molecule has 1 rings (SSSR count). The third kappa shape index (κ3) is 5.07. The maximum atomic E-state index is 10.3. The molecule has 0 unspecified atom stereocenters. The van der Waals surface area contributed by atoms with E-state index in [1.54, 1.807) is 0 Å². The highest BCUT2D eigenvalue weighted by atomic mass is 35.5. The molecule has 3 N–H and O–H groups in total. The number of aliphatic imine (C=N–C) groups is 1. The Morgan fingerprint density at radius 1 is 1.27 bits per heavy atom. The number of halogens is 2. The highest BCUT2D eigenvalue weighted by Crippen LogP contribution is 2.25. The van der Waals surface area contributed by atoms with Crippen molar-refractivity contribution in [2.75, 3.05) is 13.1 Å². The van der Waals surface area contributed by atoms with Gasteiger partial charge in [-0.1, -0.05) is 37.0 Å². The second-order valence-corrected chi connectivity index (χ2v) is 6.08. The van der Waals surface area contributed by atoms with Gasteiger partial charge in [-0.25, -0.2) is 4.99 Å². The van der Waals surface area contributed by atoms with Crippen LogP contribution in [0.3, 0.4) is 0 Å². The Morgan fingerprint density at radius 2 is 1.91 bits per heavy atom. The molecule has 0 saturated carbocycles. The van der Waals surface area contributed by atoms with E-state index in [2.05, 4.69) is 15.6 Å². The zero-order chi connectivity index (χ0) is 16.8. The van der Waals surface area contributed by atoms with Crippen LogP contribution in [0.4, 0.5) is 0 Å². The molecule has 0 saturated heterocycles. The fourth-order valence-corrected chi connectivity index (χ4v) is 2.41. The molecule has 1 heterocycles. The van der Waals surface area contributed by atoms with Gasteiger partial charge in [0.15, 0.2) is 5.96 Å². The normalized spacial score (nSPS) is 12.6. The molecule has 0 bridgehead atoms. The summed E-state index contributed by atoms with van der Waals surface area (Å²) in [6.45, 7) is 7.61. The van der Waals surface area contributed by atoms with Crippen molar-refractivity contribution in [1.82, 2.24) is 15.2 Å². The average Bonchev–Trinajstić information content (AvgIpc) is 2.77. The molecule has 0 aliphatic rings. The van der Waals surface area contributed by atoms with Gasteiger partial charge >= 0.3 is 0 Å². The van der Waals surface area contributed by atoms with Crippen molar-refractivity contribution in [3.05, 3.63) is 21.9 Å². The van der Waals surface area contributed by atoms with Crippen molar-refractivity contribution >= 4 is 29.2 Å². The lowest BCUT2D eigenvalue weighted by Gasteiger charge is -2.26. The maximum Gasteiger partial charge on any atom is 0.191 e. The quantitative estimate of drug-likeness (QED) is 0.524. The van der Waals surface area contributed by atoms with E-state index in [1.165, 1.54) is 0 Å². The summed E-state index contributed by atoms with van der Waals surface area (Å²) >= 11 is 12.1. The number of nitrogens with zero attached hydrogens (tertiary/aromatic N) is 2. The molecule has 5 nitrogen and oxygen atoms in total. The lowest BCUT2D eigenvalue weighted by atomic mass is 9.98. The molecule has 7 heteroatoms. The summed E-state index contributed by atoms with van der Waals surface area (Å²) in [6, 6.07) is 1.81. The van der Waals surface area contributed by atoms with Crippen LogP contribution < -0.4 is 10.6 Å². The molecule has 22 heavy (non-hydrogen) atoms. The fraction of sp³-hybridized carbons (Fsp3) is 0.667. The first-order valence-corrected chi connectivity index (χ1v) is 8.36. The monoisotopic (exact) mass is 348 g/mol. The topological polar surface area (TPSA) is 61.6 Å². The third-order valence-electron chi connectivity index (χ3n) is 3.86. The molecular weight excluding hydrogens is 323 g/mol. The van der Waals surface area contributed by atoms with Gasteiger partial charge in [0.1, 0.15) is 5.15 Å². The number of guanidine groups is 1. The smallest absolute Gasteiger partial charge is 0.191 e. The van der Waals surface area contributed by atoms with Crippen molar-refractivity contribution in [1.29, 1.82) is 0 Å². The first-order chi connectivity index (χ1) is 10.4. The average molecular weight is 349 g/mol. The Bertz CT molecular complexity index is 510. The number of nitrogens with one attached hydrogen (secondary N) is 2. The Labute approximate surface area is 142 Å². The lowest BCUT2D eigenvalue weighted by molar-refractivity contribution is 0.0367. The molecule has 0 spiro atoms. The van der Waals surface area contributed by atoms with Gasteiger partial charge in [-0.2, -0.15) is 0 Å². The number of rotatable bonds is 7. The van der Waals surface area contributed by atoms with E-state index in [4.69, 9.17) is 23.2 Å². The maximum absolute atomic E-state index is 10.3. The molecule has 0 aliphatic carbocycles. The van der Waals surface area contributed by atoms with E-state index < -0.39 is 5.60 Å². The van der Waals surface area contributed by atoms with Crippen LogP contribution in [-0.4, -0.2) is 34.3 Å². The summed E-state index contributed by atoms with van der Waals surface area (Å²) in [5, 5.41) is 17.7. The number of aromatic nitrogens is 1. The Hall–Kier alpha value is -0.910. The predicted molar refractivity (Wildman–Crippen MR) is 93.8 cm³/mol. The molecule has 0 aliphatic heterocycles.